The number of carboxylic acid groups (broad SMARTS) is 1. The summed E-state index contributed by atoms with van der Waals surface area (Å²) in [6.07, 6.45) is 8.22. The van der Waals surface area contributed by atoms with Crippen LogP contribution in [0.5, 0.6) is 0 Å². The van der Waals surface area contributed by atoms with Crippen LogP contribution in [0.2, 0.25) is 0 Å². The molecule has 1 heterocycles. The Morgan fingerprint density at radius 3 is 2.65 bits per heavy atom. The zero-order chi connectivity index (χ0) is 14.4. The van der Waals surface area contributed by atoms with E-state index in [2.05, 4.69) is 10.3 Å². The van der Waals surface area contributed by atoms with Crippen molar-refractivity contribution in [1.29, 1.82) is 0 Å². The summed E-state index contributed by atoms with van der Waals surface area (Å²) in [5.74, 6) is -0.976. The summed E-state index contributed by atoms with van der Waals surface area (Å²) in [6.45, 7) is 0.424. The molecule has 0 atom stereocenters. The Morgan fingerprint density at radius 1 is 1.30 bits per heavy atom. The maximum absolute atomic E-state index is 12.0. The van der Waals surface area contributed by atoms with Crippen LogP contribution in [-0.2, 0) is 4.79 Å². The molecule has 1 aromatic rings. The maximum atomic E-state index is 12.0. The molecule has 108 valence electrons. The van der Waals surface area contributed by atoms with E-state index in [-0.39, 0.29) is 17.7 Å². The molecule has 0 saturated heterocycles. The molecule has 0 unspecified atom stereocenters. The average molecular weight is 276 g/mol. The molecule has 1 amide bonds. The molecule has 1 saturated carbocycles. The number of hydrogen-bond donors (Lipinski definition) is 2. The molecule has 5 heteroatoms. The Hall–Kier alpha value is -1.91. The van der Waals surface area contributed by atoms with Crippen molar-refractivity contribution in [2.24, 2.45) is 5.41 Å². The van der Waals surface area contributed by atoms with Crippen LogP contribution in [0.4, 0.5) is 0 Å². The number of rotatable bonds is 5. The highest BCUT2D eigenvalue weighted by Gasteiger charge is 2.34. The molecular weight excluding hydrogens is 256 g/mol. The third-order valence-electron chi connectivity index (χ3n) is 3.99. The number of nitrogens with zero attached hydrogens (tertiary/aromatic N) is 1. The number of aromatic nitrogens is 1. The largest absolute Gasteiger partial charge is 0.481 e. The van der Waals surface area contributed by atoms with E-state index < -0.39 is 5.97 Å². The van der Waals surface area contributed by atoms with Crippen LogP contribution in [0.15, 0.2) is 24.5 Å². The smallest absolute Gasteiger partial charge is 0.303 e. The SMILES string of the molecule is O=C(O)CC1(CNC(=O)c2cccnc2)CCCCC1. The molecule has 2 N–H and O–H groups in total. The third-order valence-corrected chi connectivity index (χ3v) is 3.99. The number of carbonyl (C=O) groups is 2. The topological polar surface area (TPSA) is 79.3 Å². The summed E-state index contributed by atoms with van der Waals surface area (Å²) in [6, 6.07) is 3.41. The van der Waals surface area contributed by atoms with Crippen molar-refractivity contribution < 1.29 is 14.7 Å². The summed E-state index contributed by atoms with van der Waals surface area (Å²) in [7, 11) is 0. The van der Waals surface area contributed by atoms with Gasteiger partial charge < -0.3 is 10.4 Å². The van der Waals surface area contributed by atoms with Crippen molar-refractivity contribution in [1.82, 2.24) is 10.3 Å². The van der Waals surface area contributed by atoms with Gasteiger partial charge in [0.25, 0.3) is 5.91 Å². The molecule has 1 fully saturated rings. The fourth-order valence-electron chi connectivity index (χ4n) is 2.91. The predicted molar refractivity (Wildman–Crippen MR) is 74.3 cm³/mol. The highest BCUT2D eigenvalue weighted by atomic mass is 16.4. The van der Waals surface area contributed by atoms with Crippen LogP contribution >= 0.6 is 0 Å². The number of carbonyl (C=O) groups excluding carboxylic acids is 1. The van der Waals surface area contributed by atoms with Crippen molar-refractivity contribution in [2.45, 2.75) is 38.5 Å². The average Bonchev–Trinajstić information content (AvgIpc) is 2.46. The molecule has 20 heavy (non-hydrogen) atoms. The Kier molecular flexibility index (Phi) is 4.71. The Bertz CT molecular complexity index is 467. The van der Waals surface area contributed by atoms with Crippen LogP contribution in [0.3, 0.4) is 0 Å². The second kappa shape index (κ2) is 6.50. The summed E-state index contributed by atoms with van der Waals surface area (Å²) in [5, 5.41) is 12.0. The Morgan fingerprint density at radius 2 is 2.05 bits per heavy atom. The lowest BCUT2D eigenvalue weighted by atomic mass is 9.71. The van der Waals surface area contributed by atoms with E-state index >= 15 is 0 Å². The summed E-state index contributed by atoms with van der Waals surface area (Å²) in [5.41, 5.74) is 0.218. The second-order valence-electron chi connectivity index (χ2n) is 5.56. The summed E-state index contributed by atoms with van der Waals surface area (Å²) < 4.78 is 0. The first kappa shape index (κ1) is 14.5. The van der Waals surface area contributed by atoms with Gasteiger partial charge in [-0.3, -0.25) is 14.6 Å². The first-order chi connectivity index (χ1) is 9.61. The molecule has 0 aliphatic heterocycles. The van der Waals surface area contributed by atoms with Gasteiger partial charge in [-0.1, -0.05) is 19.3 Å². The summed E-state index contributed by atoms with van der Waals surface area (Å²) in [4.78, 5) is 27.0. The van der Waals surface area contributed by atoms with Crippen molar-refractivity contribution in [3.63, 3.8) is 0 Å². The molecule has 0 aromatic carbocycles. The third kappa shape index (κ3) is 3.79. The van der Waals surface area contributed by atoms with Crippen LogP contribution in [-0.4, -0.2) is 28.5 Å². The minimum absolute atomic E-state index is 0.125. The fourth-order valence-corrected chi connectivity index (χ4v) is 2.91. The highest BCUT2D eigenvalue weighted by molar-refractivity contribution is 5.93. The zero-order valence-electron chi connectivity index (χ0n) is 11.5. The van der Waals surface area contributed by atoms with Crippen LogP contribution in [0.1, 0.15) is 48.9 Å². The first-order valence-electron chi connectivity index (χ1n) is 7.01. The van der Waals surface area contributed by atoms with E-state index in [1.54, 1.807) is 18.3 Å². The second-order valence-corrected chi connectivity index (χ2v) is 5.56. The number of pyridine rings is 1. The van der Waals surface area contributed by atoms with Crippen LogP contribution < -0.4 is 5.32 Å². The van der Waals surface area contributed by atoms with Crippen LogP contribution in [0.25, 0.3) is 0 Å². The minimum atomic E-state index is -0.789. The molecule has 0 bridgehead atoms. The molecule has 0 spiro atoms. The van der Waals surface area contributed by atoms with E-state index in [0.717, 1.165) is 32.1 Å². The number of carboxylic acids is 1. The maximum Gasteiger partial charge on any atom is 0.303 e. The molecule has 1 aliphatic rings. The lowest BCUT2D eigenvalue weighted by Crippen LogP contribution is -2.40. The van der Waals surface area contributed by atoms with E-state index in [1.165, 1.54) is 6.20 Å². The van der Waals surface area contributed by atoms with Gasteiger partial charge in [0, 0.05) is 18.9 Å². The van der Waals surface area contributed by atoms with Gasteiger partial charge in [-0.25, -0.2) is 0 Å². The van der Waals surface area contributed by atoms with Gasteiger partial charge in [0.05, 0.1) is 12.0 Å². The molecule has 0 radical (unpaired) electrons. The fraction of sp³-hybridized carbons (Fsp3) is 0.533. The van der Waals surface area contributed by atoms with Crippen molar-refractivity contribution in [3.05, 3.63) is 30.1 Å². The highest BCUT2D eigenvalue weighted by Crippen LogP contribution is 2.38. The first-order valence-corrected chi connectivity index (χ1v) is 7.01. The van der Waals surface area contributed by atoms with Crippen LogP contribution in [0, 0.1) is 5.41 Å². The van der Waals surface area contributed by atoms with Gasteiger partial charge in [0.1, 0.15) is 0 Å². The quantitative estimate of drug-likeness (QED) is 0.864. The molecular formula is C15H20N2O3. The Balaban J connectivity index is 1.98. The van der Waals surface area contributed by atoms with Gasteiger partial charge in [-0.2, -0.15) is 0 Å². The number of amides is 1. The zero-order valence-corrected chi connectivity index (χ0v) is 11.5. The molecule has 1 aromatic heterocycles. The van der Waals surface area contributed by atoms with Crippen molar-refractivity contribution in [3.8, 4) is 0 Å². The molecule has 5 nitrogen and oxygen atoms in total. The lowest BCUT2D eigenvalue weighted by Gasteiger charge is -2.36. The number of nitrogens with one attached hydrogen (secondary N) is 1. The van der Waals surface area contributed by atoms with E-state index in [0.29, 0.717) is 12.1 Å². The van der Waals surface area contributed by atoms with E-state index in [9.17, 15) is 9.59 Å². The molecule has 1 aliphatic carbocycles. The monoisotopic (exact) mass is 276 g/mol. The lowest BCUT2D eigenvalue weighted by molar-refractivity contribution is -0.140. The minimum Gasteiger partial charge on any atom is -0.481 e. The van der Waals surface area contributed by atoms with Crippen molar-refractivity contribution in [2.75, 3.05) is 6.54 Å². The predicted octanol–water partition coefficient (Wildman–Crippen LogP) is 2.24. The Labute approximate surface area is 118 Å². The normalized spacial score (nSPS) is 17.4. The van der Waals surface area contributed by atoms with Gasteiger partial charge in [0.2, 0.25) is 0 Å². The van der Waals surface area contributed by atoms with Gasteiger partial charge in [-0.05, 0) is 30.4 Å². The van der Waals surface area contributed by atoms with E-state index in [1.807, 2.05) is 0 Å². The van der Waals surface area contributed by atoms with Gasteiger partial charge >= 0.3 is 5.97 Å². The molecule has 2 rings (SSSR count). The summed E-state index contributed by atoms with van der Waals surface area (Å²) >= 11 is 0. The van der Waals surface area contributed by atoms with Gasteiger partial charge in [-0.15, -0.1) is 0 Å². The number of aliphatic carboxylic acids is 1. The number of hydrogen-bond acceptors (Lipinski definition) is 3. The van der Waals surface area contributed by atoms with E-state index in [4.69, 9.17) is 5.11 Å². The standard InChI is InChI=1S/C15H20N2O3/c18-13(19)9-15(6-2-1-3-7-15)11-17-14(20)12-5-4-8-16-10-12/h4-5,8,10H,1-3,6-7,9,11H2,(H,17,20)(H,18,19). The van der Waals surface area contributed by atoms with Crippen molar-refractivity contribution >= 4 is 11.9 Å². The van der Waals surface area contributed by atoms with Gasteiger partial charge in [0.15, 0.2) is 0 Å².